The van der Waals surface area contributed by atoms with Crippen molar-refractivity contribution in [2.24, 2.45) is 7.05 Å². The predicted octanol–water partition coefficient (Wildman–Crippen LogP) is 3.85. The van der Waals surface area contributed by atoms with E-state index in [1.165, 1.54) is 17.8 Å². The van der Waals surface area contributed by atoms with Crippen LogP contribution in [-0.4, -0.2) is 50.3 Å². The summed E-state index contributed by atoms with van der Waals surface area (Å²) in [6.07, 6.45) is 5.46. The molecule has 1 N–H and O–H groups in total. The Labute approximate surface area is 191 Å². The standard InChI is InChI=1S/C24H25N5O2S/c1-28-23(26-27-24(28)32-17-22(31)29-15-5-6-16-29)19-10-12-20(13-11-19)25-21(30)14-9-18-7-3-2-4-8-18/h2-4,7-14H,5-6,15-17H2,1H3,(H,25,30)/b14-9+. The molecule has 164 valence electrons. The van der Waals surface area contributed by atoms with Crippen LogP contribution in [0.15, 0.2) is 65.8 Å². The number of thioether (sulfide) groups is 1. The first-order valence-electron chi connectivity index (χ1n) is 10.5. The summed E-state index contributed by atoms with van der Waals surface area (Å²) in [5.41, 5.74) is 2.55. The highest BCUT2D eigenvalue weighted by molar-refractivity contribution is 7.99. The van der Waals surface area contributed by atoms with Crippen molar-refractivity contribution in [3.63, 3.8) is 0 Å². The van der Waals surface area contributed by atoms with Gasteiger partial charge in [0.2, 0.25) is 11.8 Å². The fourth-order valence-electron chi connectivity index (χ4n) is 3.50. The first-order valence-corrected chi connectivity index (χ1v) is 11.5. The number of carbonyl (C=O) groups excluding carboxylic acids is 2. The lowest BCUT2D eigenvalue weighted by Gasteiger charge is -2.14. The zero-order valence-electron chi connectivity index (χ0n) is 17.9. The van der Waals surface area contributed by atoms with Crippen molar-refractivity contribution >= 4 is 35.3 Å². The molecule has 0 spiro atoms. The molecule has 0 aliphatic carbocycles. The molecule has 2 heterocycles. The van der Waals surface area contributed by atoms with Crippen LogP contribution in [0.1, 0.15) is 18.4 Å². The highest BCUT2D eigenvalue weighted by Gasteiger charge is 2.19. The Hall–Kier alpha value is -3.39. The number of amides is 2. The molecule has 4 rings (SSSR count). The van der Waals surface area contributed by atoms with E-state index in [1.54, 1.807) is 6.08 Å². The van der Waals surface area contributed by atoms with E-state index in [-0.39, 0.29) is 11.8 Å². The molecule has 0 atom stereocenters. The summed E-state index contributed by atoms with van der Waals surface area (Å²) >= 11 is 1.41. The van der Waals surface area contributed by atoms with Gasteiger partial charge in [-0.3, -0.25) is 9.59 Å². The minimum absolute atomic E-state index is 0.151. The smallest absolute Gasteiger partial charge is 0.248 e. The van der Waals surface area contributed by atoms with Gasteiger partial charge in [-0.2, -0.15) is 0 Å². The summed E-state index contributed by atoms with van der Waals surface area (Å²) in [6, 6.07) is 17.1. The molecule has 0 bridgehead atoms. The molecule has 8 heteroatoms. The zero-order valence-corrected chi connectivity index (χ0v) is 18.7. The van der Waals surface area contributed by atoms with Gasteiger partial charge in [-0.25, -0.2) is 0 Å². The average molecular weight is 448 g/mol. The predicted molar refractivity (Wildman–Crippen MR) is 127 cm³/mol. The van der Waals surface area contributed by atoms with E-state index >= 15 is 0 Å². The van der Waals surface area contributed by atoms with Gasteiger partial charge in [0.15, 0.2) is 11.0 Å². The second-order valence-electron chi connectivity index (χ2n) is 7.55. The summed E-state index contributed by atoms with van der Waals surface area (Å²) in [6.45, 7) is 1.71. The summed E-state index contributed by atoms with van der Waals surface area (Å²) < 4.78 is 1.89. The third-order valence-electron chi connectivity index (χ3n) is 5.26. The second kappa shape index (κ2) is 10.3. The Kier molecular flexibility index (Phi) is 7.01. The molecule has 1 saturated heterocycles. The third-order valence-corrected chi connectivity index (χ3v) is 6.26. The van der Waals surface area contributed by atoms with E-state index in [0.29, 0.717) is 22.4 Å². The van der Waals surface area contributed by atoms with Crippen LogP contribution in [0, 0.1) is 0 Å². The van der Waals surface area contributed by atoms with Crippen molar-refractivity contribution in [1.29, 1.82) is 0 Å². The number of hydrogen-bond acceptors (Lipinski definition) is 5. The van der Waals surface area contributed by atoms with E-state index in [9.17, 15) is 9.59 Å². The molecule has 3 aromatic rings. The molecular weight excluding hydrogens is 422 g/mol. The molecular formula is C24H25N5O2S. The number of rotatable bonds is 7. The van der Waals surface area contributed by atoms with Crippen molar-refractivity contribution in [3.05, 3.63) is 66.2 Å². The van der Waals surface area contributed by atoms with Crippen molar-refractivity contribution in [1.82, 2.24) is 19.7 Å². The molecule has 1 aromatic heterocycles. The molecule has 2 amide bonds. The van der Waals surface area contributed by atoms with Gasteiger partial charge in [-0.05, 0) is 48.7 Å². The Morgan fingerprint density at radius 1 is 1.03 bits per heavy atom. The van der Waals surface area contributed by atoms with Gasteiger partial charge in [-0.1, -0.05) is 42.1 Å². The molecule has 1 aliphatic rings. The Balaban J connectivity index is 1.35. The number of hydrogen-bond donors (Lipinski definition) is 1. The number of likely N-dealkylation sites (tertiary alicyclic amines) is 1. The Morgan fingerprint density at radius 3 is 2.47 bits per heavy atom. The van der Waals surface area contributed by atoms with Crippen LogP contribution in [0.25, 0.3) is 17.5 Å². The van der Waals surface area contributed by atoms with Gasteiger partial charge in [-0.15, -0.1) is 10.2 Å². The number of anilines is 1. The van der Waals surface area contributed by atoms with Gasteiger partial charge in [0, 0.05) is 37.5 Å². The van der Waals surface area contributed by atoms with E-state index in [0.717, 1.165) is 37.1 Å². The molecule has 0 unspecified atom stereocenters. The molecule has 1 aliphatic heterocycles. The minimum Gasteiger partial charge on any atom is -0.342 e. The molecule has 2 aromatic carbocycles. The summed E-state index contributed by atoms with van der Waals surface area (Å²) in [5.74, 6) is 1.04. The van der Waals surface area contributed by atoms with E-state index in [4.69, 9.17) is 0 Å². The van der Waals surface area contributed by atoms with E-state index < -0.39 is 0 Å². The number of carbonyl (C=O) groups is 2. The van der Waals surface area contributed by atoms with Gasteiger partial charge in [0.05, 0.1) is 5.75 Å². The Morgan fingerprint density at radius 2 is 1.75 bits per heavy atom. The monoisotopic (exact) mass is 447 g/mol. The van der Waals surface area contributed by atoms with E-state index in [1.807, 2.05) is 71.1 Å². The van der Waals surface area contributed by atoms with Gasteiger partial charge in [0.1, 0.15) is 0 Å². The van der Waals surface area contributed by atoms with Crippen LogP contribution in [0.2, 0.25) is 0 Å². The third kappa shape index (κ3) is 5.45. The maximum atomic E-state index is 12.3. The van der Waals surface area contributed by atoms with Crippen LogP contribution in [0.5, 0.6) is 0 Å². The minimum atomic E-state index is -0.193. The number of nitrogens with zero attached hydrogens (tertiary/aromatic N) is 4. The first kappa shape index (κ1) is 21.8. The largest absolute Gasteiger partial charge is 0.342 e. The van der Waals surface area contributed by atoms with Crippen molar-refractivity contribution < 1.29 is 9.59 Å². The maximum Gasteiger partial charge on any atom is 0.248 e. The van der Waals surface area contributed by atoms with E-state index in [2.05, 4.69) is 15.5 Å². The first-order chi connectivity index (χ1) is 15.6. The van der Waals surface area contributed by atoms with Crippen LogP contribution in [0.4, 0.5) is 5.69 Å². The summed E-state index contributed by atoms with van der Waals surface area (Å²) in [4.78, 5) is 26.3. The normalized spacial score (nSPS) is 13.6. The molecule has 1 fully saturated rings. The number of aromatic nitrogens is 3. The van der Waals surface area contributed by atoms with Crippen LogP contribution in [-0.2, 0) is 16.6 Å². The fourth-order valence-corrected chi connectivity index (χ4v) is 4.31. The van der Waals surface area contributed by atoms with Crippen molar-refractivity contribution in [2.45, 2.75) is 18.0 Å². The lowest BCUT2D eigenvalue weighted by molar-refractivity contribution is -0.127. The van der Waals surface area contributed by atoms with Crippen LogP contribution in [0.3, 0.4) is 0 Å². The fraction of sp³-hybridized carbons (Fsp3) is 0.250. The maximum absolute atomic E-state index is 12.3. The molecule has 32 heavy (non-hydrogen) atoms. The topological polar surface area (TPSA) is 80.1 Å². The van der Waals surface area contributed by atoms with Gasteiger partial charge >= 0.3 is 0 Å². The zero-order chi connectivity index (χ0) is 22.3. The van der Waals surface area contributed by atoms with Gasteiger partial charge in [0.25, 0.3) is 0 Å². The summed E-state index contributed by atoms with van der Waals surface area (Å²) in [7, 11) is 1.89. The SMILES string of the molecule is Cn1c(SCC(=O)N2CCCC2)nnc1-c1ccc(NC(=O)/C=C/c2ccccc2)cc1. The summed E-state index contributed by atoms with van der Waals surface area (Å²) in [5, 5.41) is 12.1. The molecule has 0 saturated carbocycles. The molecule has 7 nitrogen and oxygen atoms in total. The van der Waals surface area contributed by atoms with Crippen molar-refractivity contribution in [3.8, 4) is 11.4 Å². The average Bonchev–Trinajstić information content (AvgIpc) is 3.48. The Bertz CT molecular complexity index is 1100. The second-order valence-corrected chi connectivity index (χ2v) is 8.49. The lowest BCUT2D eigenvalue weighted by atomic mass is 10.2. The van der Waals surface area contributed by atoms with Crippen LogP contribution >= 0.6 is 11.8 Å². The number of nitrogens with one attached hydrogen (secondary N) is 1. The quantitative estimate of drug-likeness (QED) is 0.440. The lowest BCUT2D eigenvalue weighted by Crippen LogP contribution is -2.29. The molecule has 0 radical (unpaired) electrons. The van der Waals surface area contributed by atoms with Crippen molar-refractivity contribution in [2.75, 3.05) is 24.2 Å². The highest BCUT2D eigenvalue weighted by atomic mass is 32.2. The van der Waals surface area contributed by atoms with Gasteiger partial charge < -0.3 is 14.8 Å². The highest BCUT2D eigenvalue weighted by Crippen LogP contribution is 2.24. The van der Waals surface area contributed by atoms with Crippen LogP contribution < -0.4 is 5.32 Å². The number of benzene rings is 2.